The number of hydrogen-bond acceptors (Lipinski definition) is 3. The van der Waals surface area contributed by atoms with Crippen LogP contribution in [0.3, 0.4) is 0 Å². The summed E-state index contributed by atoms with van der Waals surface area (Å²) in [7, 11) is 0. The molecule has 0 bridgehead atoms. The molecule has 0 atom stereocenters. The van der Waals surface area contributed by atoms with Gasteiger partial charge in [-0.25, -0.2) is 9.38 Å². The van der Waals surface area contributed by atoms with Gasteiger partial charge in [0, 0.05) is 12.6 Å². The van der Waals surface area contributed by atoms with Crippen LogP contribution >= 0.6 is 24.0 Å². The molecular weight excluding hydrogens is 386 g/mol. The van der Waals surface area contributed by atoms with E-state index in [1.807, 2.05) is 6.92 Å². The fraction of sp³-hybridized carbons (Fsp3) is 0.286. The normalized spacial score (nSPS) is 10.9. The lowest BCUT2D eigenvalue weighted by Gasteiger charge is -2.09. The smallest absolute Gasteiger partial charge is 0.191 e. The summed E-state index contributed by atoms with van der Waals surface area (Å²) in [5, 5.41) is 10.1. The molecule has 2 aromatic rings. The van der Waals surface area contributed by atoms with Gasteiger partial charge in [0.15, 0.2) is 5.96 Å². The summed E-state index contributed by atoms with van der Waals surface area (Å²) in [6.45, 7) is 3.76. The second-order valence-corrected chi connectivity index (χ2v) is 4.17. The fourth-order valence-electron chi connectivity index (χ4n) is 1.60. The van der Waals surface area contributed by atoms with Crippen molar-refractivity contribution in [3.63, 3.8) is 0 Å². The predicted octanol–water partition coefficient (Wildman–Crippen LogP) is 2.69. The van der Waals surface area contributed by atoms with E-state index in [1.54, 1.807) is 18.2 Å². The average molecular weight is 404 g/mol. The van der Waals surface area contributed by atoms with Gasteiger partial charge < -0.3 is 15.2 Å². The number of aromatic nitrogens is 1. The van der Waals surface area contributed by atoms with Crippen LogP contribution in [-0.2, 0) is 13.1 Å². The topological polar surface area (TPSA) is 62.5 Å². The average Bonchev–Trinajstić information content (AvgIpc) is 2.97. The Kier molecular flexibility index (Phi) is 7.73. The van der Waals surface area contributed by atoms with Crippen LogP contribution in [-0.4, -0.2) is 17.7 Å². The van der Waals surface area contributed by atoms with E-state index in [-0.39, 0.29) is 29.8 Å². The second kappa shape index (κ2) is 9.32. The Hall–Kier alpha value is -1.64. The molecule has 0 radical (unpaired) electrons. The minimum Gasteiger partial charge on any atom is -0.364 e. The van der Waals surface area contributed by atoms with Gasteiger partial charge >= 0.3 is 0 Å². The molecule has 0 amide bonds. The van der Waals surface area contributed by atoms with Crippen molar-refractivity contribution in [1.29, 1.82) is 0 Å². The first kappa shape index (κ1) is 17.4. The van der Waals surface area contributed by atoms with Gasteiger partial charge in [-0.05, 0) is 24.6 Å². The van der Waals surface area contributed by atoms with Crippen molar-refractivity contribution in [2.45, 2.75) is 20.0 Å². The predicted molar refractivity (Wildman–Crippen MR) is 90.0 cm³/mol. The Bertz CT molecular complexity index is 543. The zero-order valence-corrected chi connectivity index (χ0v) is 14.0. The minimum absolute atomic E-state index is 0. The van der Waals surface area contributed by atoms with Crippen molar-refractivity contribution < 1.29 is 8.91 Å². The van der Waals surface area contributed by atoms with Crippen LogP contribution in [0.5, 0.6) is 0 Å². The second-order valence-electron chi connectivity index (χ2n) is 4.17. The molecule has 0 fully saturated rings. The summed E-state index contributed by atoms with van der Waals surface area (Å²) >= 11 is 0. The molecule has 0 spiro atoms. The van der Waals surface area contributed by atoms with Gasteiger partial charge in [0.25, 0.3) is 0 Å². The molecule has 0 unspecified atom stereocenters. The first-order valence-electron chi connectivity index (χ1n) is 6.44. The summed E-state index contributed by atoms with van der Waals surface area (Å²) in [4.78, 5) is 4.43. The van der Waals surface area contributed by atoms with E-state index >= 15 is 0 Å². The van der Waals surface area contributed by atoms with Crippen molar-refractivity contribution in [3.8, 4) is 0 Å². The number of nitrogens with zero attached hydrogens (tertiary/aromatic N) is 2. The van der Waals surface area contributed by atoms with E-state index in [1.165, 1.54) is 18.4 Å². The zero-order valence-electron chi connectivity index (χ0n) is 11.7. The number of guanidine groups is 1. The molecule has 1 aromatic carbocycles. The zero-order chi connectivity index (χ0) is 14.2. The molecule has 2 rings (SSSR count). The van der Waals surface area contributed by atoms with Gasteiger partial charge in [0.1, 0.15) is 17.8 Å². The highest BCUT2D eigenvalue weighted by molar-refractivity contribution is 14.0. The Morgan fingerprint density at radius 2 is 2.00 bits per heavy atom. The molecule has 0 saturated carbocycles. The van der Waals surface area contributed by atoms with E-state index in [4.69, 9.17) is 4.52 Å². The largest absolute Gasteiger partial charge is 0.364 e. The lowest BCUT2D eigenvalue weighted by atomic mass is 10.2. The maximum atomic E-state index is 12.8. The maximum Gasteiger partial charge on any atom is 0.191 e. The summed E-state index contributed by atoms with van der Waals surface area (Å²) in [5.74, 6) is 0.439. The maximum absolute atomic E-state index is 12.8. The van der Waals surface area contributed by atoms with E-state index in [0.29, 0.717) is 19.0 Å². The van der Waals surface area contributed by atoms with E-state index < -0.39 is 0 Å². The Morgan fingerprint density at radius 3 is 2.62 bits per heavy atom. The van der Waals surface area contributed by atoms with Gasteiger partial charge in [0.2, 0.25) is 0 Å². The van der Waals surface area contributed by atoms with Crippen LogP contribution in [0, 0.1) is 5.82 Å². The molecule has 7 heteroatoms. The first-order valence-corrected chi connectivity index (χ1v) is 6.44. The quantitative estimate of drug-likeness (QED) is 0.457. The fourth-order valence-corrected chi connectivity index (χ4v) is 1.60. The third-order valence-electron chi connectivity index (χ3n) is 2.61. The molecular formula is C14H18FIN4O. The minimum atomic E-state index is -0.242. The van der Waals surface area contributed by atoms with E-state index in [0.717, 1.165) is 17.8 Å². The van der Waals surface area contributed by atoms with Gasteiger partial charge in [-0.2, -0.15) is 0 Å². The molecule has 1 aromatic heterocycles. The number of hydrogen-bond donors (Lipinski definition) is 2. The Labute approximate surface area is 140 Å². The van der Waals surface area contributed by atoms with Crippen molar-refractivity contribution in [2.24, 2.45) is 4.99 Å². The highest BCUT2D eigenvalue weighted by Gasteiger charge is 2.00. The molecule has 21 heavy (non-hydrogen) atoms. The third-order valence-corrected chi connectivity index (χ3v) is 2.61. The van der Waals surface area contributed by atoms with Crippen LogP contribution in [0.1, 0.15) is 18.2 Å². The number of halogens is 2. The molecule has 0 saturated heterocycles. The Balaban J connectivity index is 0.00000220. The van der Waals surface area contributed by atoms with Crippen LogP contribution < -0.4 is 10.6 Å². The molecule has 0 aliphatic heterocycles. The summed E-state index contributed by atoms with van der Waals surface area (Å²) in [6, 6.07) is 8.10. The van der Waals surface area contributed by atoms with Crippen molar-refractivity contribution in [2.75, 3.05) is 6.54 Å². The van der Waals surface area contributed by atoms with Gasteiger partial charge in [-0.3, -0.25) is 0 Å². The molecule has 0 aliphatic rings. The number of aliphatic imine (C=N–C) groups is 1. The third kappa shape index (κ3) is 6.11. The van der Waals surface area contributed by atoms with Crippen LogP contribution in [0.2, 0.25) is 0 Å². The number of benzene rings is 1. The van der Waals surface area contributed by atoms with Crippen molar-refractivity contribution >= 4 is 29.9 Å². The monoisotopic (exact) mass is 404 g/mol. The highest BCUT2D eigenvalue weighted by atomic mass is 127. The summed E-state index contributed by atoms with van der Waals surface area (Å²) < 4.78 is 17.6. The lowest BCUT2D eigenvalue weighted by molar-refractivity contribution is 0.410. The van der Waals surface area contributed by atoms with Crippen LogP contribution in [0.25, 0.3) is 0 Å². The molecule has 1 heterocycles. The van der Waals surface area contributed by atoms with Gasteiger partial charge in [-0.15, -0.1) is 24.0 Å². The molecule has 2 N–H and O–H groups in total. The van der Waals surface area contributed by atoms with Crippen molar-refractivity contribution in [3.05, 3.63) is 53.7 Å². The van der Waals surface area contributed by atoms with E-state index in [2.05, 4.69) is 20.8 Å². The molecule has 5 nitrogen and oxygen atoms in total. The van der Waals surface area contributed by atoms with Gasteiger partial charge in [0.05, 0.1) is 13.1 Å². The Morgan fingerprint density at radius 1 is 1.24 bits per heavy atom. The molecule has 114 valence electrons. The van der Waals surface area contributed by atoms with Gasteiger partial charge in [-0.1, -0.05) is 17.3 Å². The standard InChI is InChI=1S/C14H17FN4O.HI/c1-2-16-14(18-10-13-7-8-20-19-13)17-9-11-3-5-12(15)6-4-11;/h3-8H,2,9-10H2,1H3,(H2,16,17,18);1H. The molecule has 0 aliphatic carbocycles. The number of nitrogens with one attached hydrogen (secondary N) is 2. The lowest BCUT2D eigenvalue weighted by Crippen LogP contribution is -2.36. The highest BCUT2D eigenvalue weighted by Crippen LogP contribution is 2.04. The number of rotatable bonds is 5. The first-order chi connectivity index (χ1) is 9.78. The SMILES string of the molecule is CCNC(=NCc1ccc(F)cc1)NCc1ccon1.I. The summed E-state index contributed by atoms with van der Waals surface area (Å²) in [6.07, 6.45) is 1.53. The van der Waals surface area contributed by atoms with Crippen molar-refractivity contribution in [1.82, 2.24) is 15.8 Å². The summed E-state index contributed by atoms with van der Waals surface area (Å²) in [5.41, 5.74) is 1.75. The van der Waals surface area contributed by atoms with E-state index in [9.17, 15) is 4.39 Å². The van der Waals surface area contributed by atoms with Crippen LogP contribution in [0.4, 0.5) is 4.39 Å². The van der Waals surface area contributed by atoms with Crippen LogP contribution in [0.15, 0.2) is 46.1 Å².